The van der Waals surface area contributed by atoms with Gasteiger partial charge in [-0.2, -0.15) is 9.61 Å². The summed E-state index contributed by atoms with van der Waals surface area (Å²) in [6.45, 7) is 2.10. The molecule has 8 heteroatoms. The maximum absolute atomic E-state index is 12.1. The van der Waals surface area contributed by atoms with E-state index in [4.69, 9.17) is 4.42 Å². The third-order valence-corrected chi connectivity index (χ3v) is 4.80. The van der Waals surface area contributed by atoms with E-state index >= 15 is 0 Å². The second kappa shape index (κ2) is 7.55. The highest BCUT2D eigenvalue weighted by Gasteiger charge is 2.12. The molecule has 0 unspecified atom stereocenters. The van der Waals surface area contributed by atoms with Crippen molar-refractivity contribution in [3.63, 3.8) is 0 Å². The number of amides is 1. The molecule has 0 spiro atoms. The van der Waals surface area contributed by atoms with Crippen molar-refractivity contribution in [2.45, 2.75) is 19.8 Å². The van der Waals surface area contributed by atoms with Crippen molar-refractivity contribution in [1.82, 2.24) is 19.8 Å². The van der Waals surface area contributed by atoms with Gasteiger partial charge in [0.15, 0.2) is 5.82 Å². The summed E-state index contributed by atoms with van der Waals surface area (Å²) >= 11 is 1.47. The number of fused-ring (bicyclic) bond motifs is 1. The Morgan fingerprint density at radius 1 is 1.30 bits per heavy atom. The Morgan fingerprint density at radius 3 is 3.04 bits per heavy atom. The fourth-order valence-electron chi connectivity index (χ4n) is 2.61. The van der Waals surface area contributed by atoms with Gasteiger partial charge in [0.05, 0.1) is 6.26 Å². The molecule has 1 amide bonds. The van der Waals surface area contributed by atoms with E-state index in [2.05, 4.69) is 27.5 Å². The summed E-state index contributed by atoms with van der Waals surface area (Å²) in [5.41, 5.74) is 1.61. The molecule has 0 atom stereocenters. The van der Waals surface area contributed by atoms with Crippen LogP contribution in [0, 0.1) is 0 Å². The molecule has 1 N–H and O–H groups in total. The van der Waals surface area contributed by atoms with Crippen LogP contribution in [0.5, 0.6) is 0 Å². The Morgan fingerprint density at radius 2 is 2.22 bits per heavy atom. The SMILES string of the molecule is CCCc1nnc2sc(-c3cccc(NC(=O)/C=C/c4ccco4)c3)nn12. The summed E-state index contributed by atoms with van der Waals surface area (Å²) < 4.78 is 6.96. The first kappa shape index (κ1) is 17.2. The molecule has 0 aliphatic heterocycles. The first-order valence-corrected chi connectivity index (χ1v) is 9.38. The minimum absolute atomic E-state index is 0.230. The average Bonchev–Trinajstić information content (AvgIpc) is 3.39. The number of carbonyl (C=O) groups is 1. The maximum atomic E-state index is 12.1. The van der Waals surface area contributed by atoms with Gasteiger partial charge in [0.1, 0.15) is 10.8 Å². The van der Waals surface area contributed by atoms with E-state index in [0.717, 1.165) is 34.2 Å². The predicted octanol–water partition coefficient (Wildman–Crippen LogP) is 4.05. The van der Waals surface area contributed by atoms with Gasteiger partial charge < -0.3 is 9.73 Å². The number of benzene rings is 1. The number of aromatic nitrogens is 4. The van der Waals surface area contributed by atoms with Gasteiger partial charge in [0, 0.05) is 23.7 Å². The van der Waals surface area contributed by atoms with Crippen LogP contribution in [-0.4, -0.2) is 25.7 Å². The van der Waals surface area contributed by atoms with Crippen molar-refractivity contribution in [2.75, 3.05) is 5.32 Å². The molecule has 0 aliphatic carbocycles. The number of hydrogen-bond donors (Lipinski definition) is 1. The minimum atomic E-state index is -0.230. The largest absolute Gasteiger partial charge is 0.465 e. The molecule has 4 rings (SSSR count). The predicted molar refractivity (Wildman–Crippen MR) is 104 cm³/mol. The van der Waals surface area contributed by atoms with Crippen molar-refractivity contribution >= 4 is 34.0 Å². The Labute approximate surface area is 159 Å². The lowest BCUT2D eigenvalue weighted by Crippen LogP contribution is -2.07. The number of nitrogens with one attached hydrogen (secondary N) is 1. The third-order valence-electron chi connectivity index (χ3n) is 3.85. The van der Waals surface area contributed by atoms with Crippen LogP contribution in [0.25, 0.3) is 21.6 Å². The topological polar surface area (TPSA) is 85.3 Å². The van der Waals surface area contributed by atoms with Crippen molar-refractivity contribution in [3.05, 3.63) is 60.3 Å². The zero-order valence-corrected chi connectivity index (χ0v) is 15.4. The van der Waals surface area contributed by atoms with Gasteiger partial charge in [-0.15, -0.1) is 10.2 Å². The highest BCUT2D eigenvalue weighted by Crippen LogP contribution is 2.27. The summed E-state index contributed by atoms with van der Waals surface area (Å²) in [5, 5.41) is 16.7. The van der Waals surface area contributed by atoms with Crippen LogP contribution in [0.3, 0.4) is 0 Å². The monoisotopic (exact) mass is 379 g/mol. The van der Waals surface area contributed by atoms with Gasteiger partial charge in [0.25, 0.3) is 0 Å². The maximum Gasteiger partial charge on any atom is 0.248 e. The molecule has 0 bridgehead atoms. The number of hydrogen-bond acceptors (Lipinski definition) is 6. The van der Waals surface area contributed by atoms with Gasteiger partial charge in [-0.25, -0.2) is 0 Å². The molecular formula is C19H17N5O2S. The zero-order valence-electron chi connectivity index (χ0n) is 14.6. The molecule has 1 aromatic carbocycles. The quantitative estimate of drug-likeness (QED) is 0.511. The van der Waals surface area contributed by atoms with Crippen LogP contribution in [0.1, 0.15) is 24.9 Å². The van der Waals surface area contributed by atoms with Crippen LogP contribution in [0.4, 0.5) is 5.69 Å². The highest BCUT2D eigenvalue weighted by atomic mass is 32.1. The lowest BCUT2D eigenvalue weighted by molar-refractivity contribution is -0.111. The van der Waals surface area contributed by atoms with Crippen LogP contribution in [-0.2, 0) is 11.2 Å². The van der Waals surface area contributed by atoms with Crippen molar-refractivity contribution in [2.24, 2.45) is 0 Å². The molecule has 4 aromatic rings. The fraction of sp³-hybridized carbons (Fsp3) is 0.158. The van der Waals surface area contributed by atoms with Gasteiger partial charge in [-0.1, -0.05) is 30.4 Å². The summed E-state index contributed by atoms with van der Waals surface area (Å²) in [6.07, 6.45) is 6.44. The molecule has 0 radical (unpaired) electrons. The zero-order chi connectivity index (χ0) is 18.6. The molecule has 27 heavy (non-hydrogen) atoms. The first-order valence-electron chi connectivity index (χ1n) is 8.57. The summed E-state index contributed by atoms with van der Waals surface area (Å²) in [5.74, 6) is 1.26. The fourth-order valence-corrected chi connectivity index (χ4v) is 3.47. The number of nitrogens with zero attached hydrogens (tertiary/aromatic N) is 4. The molecule has 3 heterocycles. The molecule has 136 valence electrons. The Hall–Kier alpha value is -3.26. The van der Waals surface area contributed by atoms with Gasteiger partial charge in [-0.05, 0) is 36.8 Å². The van der Waals surface area contributed by atoms with Crippen molar-refractivity contribution < 1.29 is 9.21 Å². The minimum Gasteiger partial charge on any atom is -0.465 e. The lowest BCUT2D eigenvalue weighted by atomic mass is 10.2. The molecule has 3 aromatic heterocycles. The smallest absolute Gasteiger partial charge is 0.248 e. The number of rotatable bonds is 6. The number of carbonyl (C=O) groups excluding carboxylic acids is 1. The number of aryl methyl sites for hydroxylation is 1. The summed E-state index contributed by atoms with van der Waals surface area (Å²) in [4.78, 5) is 12.9. The summed E-state index contributed by atoms with van der Waals surface area (Å²) in [6, 6.07) is 11.1. The molecule has 7 nitrogen and oxygen atoms in total. The lowest BCUT2D eigenvalue weighted by Gasteiger charge is -2.03. The van der Waals surface area contributed by atoms with E-state index in [1.807, 2.05) is 24.3 Å². The van der Waals surface area contributed by atoms with Gasteiger partial charge in [0.2, 0.25) is 10.9 Å². The number of furan rings is 1. The van der Waals surface area contributed by atoms with E-state index in [0.29, 0.717) is 11.4 Å². The molecule has 0 saturated carbocycles. The van der Waals surface area contributed by atoms with Crippen LogP contribution < -0.4 is 5.32 Å². The van der Waals surface area contributed by atoms with Gasteiger partial charge in [-0.3, -0.25) is 4.79 Å². The van der Waals surface area contributed by atoms with Crippen LogP contribution >= 0.6 is 11.3 Å². The van der Waals surface area contributed by atoms with E-state index in [1.54, 1.807) is 29.0 Å². The van der Waals surface area contributed by atoms with E-state index in [9.17, 15) is 4.79 Å². The number of anilines is 1. The second-order valence-electron chi connectivity index (χ2n) is 5.89. The first-order chi connectivity index (χ1) is 13.2. The van der Waals surface area contributed by atoms with E-state index in [1.165, 1.54) is 17.4 Å². The van der Waals surface area contributed by atoms with Crippen molar-refractivity contribution in [1.29, 1.82) is 0 Å². The van der Waals surface area contributed by atoms with E-state index in [-0.39, 0.29) is 5.91 Å². The summed E-state index contributed by atoms with van der Waals surface area (Å²) in [7, 11) is 0. The Kier molecular flexibility index (Phi) is 4.80. The molecule has 0 aliphatic rings. The molecular weight excluding hydrogens is 362 g/mol. The van der Waals surface area contributed by atoms with Crippen molar-refractivity contribution in [3.8, 4) is 10.6 Å². The Bertz CT molecular complexity index is 1090. The standard InChI is InChI=1S/C19H17N5O2S/c1-2-5-16-21-22-19-24(16)23-18(27-19)13-6-3-7-14(12-13)20-17(25)10-9-15-8-4-11-26-15/h3-4,6-12H,2,5H2,1H3,(H,20,25)/b10-9+. The normalized spacial score (nSPS) is 11.4. The molecule has 0 saturated heterocycles. The van der Waals surface area contributed by atoms with Crippen LogP contribution in [0.2, 0.25) is 0 Å². The second-order valence-corrected chi connectivity index (χ2v) is 6.84. The highest BCUT2D eigenvalue weighted by molar-refractivity contribution is 7.19. The molecule has 0 fully saturated rings. The Balaban J connectivity index is 1.53. The van der Waals surface area contributed by atoms with Crippen LogP contribution in [0.15, 0.2) is 53.2 Å². The van der Waals surface area contributed by atoms with Gasteiger partial charge >= 0.3 is 0 Å². The third kappa shape index (κ3) is 3.80. The van der Waals surface area contributed by atoms with E-state index < -0.39 is 0 Å². The average molecular weight is 379 g/mol.